The average Bonchev–Trinajstić information content (AvgIpc) is 3.01. The van der Waals surface area contributed by atoms with Gasteiger partial charge in [-0.1, -0.05) is 12.1 Å². The van der Waals surface area contributed by atoms with E-state index in [1.165, 1.54) is 12.8 Å². The Morgan fingerprint density at radius 3 is 2.95 bits per heavy atom. The standard InChI is InChI=1S/C14H19N3O2.ClH/c18-17(19)13-3-1-2-12(8-13)9-16-7-5-14(11-16)4-6-15-10-14;/h1-3,8,15H,4-7,9-11H2;1H. The van der Waals surface area contributed by atoms with E-state index in [2.05, 4.69) is 10.2 Å². The lowest BCUT2D eigenvalue weighted by atomic mass is 9.86. The third kappa shape index (κ3) is 3.11. The van der Waals surface area contributed by atoms with Gasteiger partial charge in [-0.2, -0.15) is 0 Å². The Hall–Kier alpha value is -1.17. The van der Waals surface area contributed by atoms with E-state index in [0.29, 0.717) is 5.41 Å². The maximum Gasteiger partial charge on any atom is 0.269 e. The van der Waals surface area contributed by atoms with Crippen LogP contribution in [0.2, 0.25) is 0 Å². The lowest BCUT2D eigenvalue weighted by Gasteiger charge is -2.22. The third-order valence-electron chi connectivity index (χ3n) is 4.38. The number of hydrogen-bond donors (Lipinski definition) is 1. The fourth-order valence-electron chi connectivity index (χ4n) is 3.33. The SMILES string of the molecule is Cl.O=[N+]([O-])c1cccc(CN2CCC3(CCNC3)C2)c1. The second-order valence-electron chi connectivity index (χ2n) is 5.81. The number of non-ortho nitro benzene ring substituents is 1. The summed E-state index contributed by atoms with van der Waals surface area (Å²) in [5, 5.41) is 14.2. The van der Waals surface area contributed by atoms with Crippen LogP contribution in [-0.2, 0) is 6.54 Å². The molecule has 1 unspecified atom stereocenters. The number of nitrogens with zero attached hydrogens (tertiary/aromatic N) is 2. The van der Waals surface area contributed by atoms with E-state index >= 15 is 0 Å². The van der Waals surface area contributed by atoms with Crippen molar-refractivity contribution < 1.29 is 4.92 Å². The molecular formula is C14H20ClN3O2. The molecule has 1 aromatic rings. The largest absolute Gasteiger partial charge is 0.316 e. The van der Waals surface area contributed by atoms with E-state index in [-0.39, 0.29) is 23.0 Å². The first-order valence-electron chi connectivity index (χ1n) is 6.83. The molecule has 0 bridgehead atoms. The predicted octanol–water partition coefficient (Wildman–Crippen LogP) is 2.20. The van der Waals surface area contributed by atoms with Gasteiger partial charge >= 0.3 is 0 Å². The minimum absolute atomic E-state index is 0. The minimum atomic E-state index is -0.324. The Balaban J connectivity index is 0.00000147. The van der Waals surface area contributed by atoms with Gasteiger partial charge in [-0.25, -0.2) is 0 Å². The van der Waals surface area contributed by atoms with Gasteiger partial charge in [0.2, 0.25) is 0 Å². The van der Waals surface area contributed by atoms with Crippen molar-refractivity contribution in [3.8, 4) is 0 Å². The van der Waals surface area contributed by atoms with E-state index in [1.54, 1.807) is 18.2 Å². The molecule has 5 nitrogen and oxygen atoms in total. The van der Waals surface area contributed by atoms with Crippen molar-refractivity contribution in [1.29, 1.82) is 0 Å². The van der Waals surface area contributed by atoms with Crippen molar-refractivity contribution >= 4 is 18.1 Å². The molecule has 1 spiro atoms. The number of likely N-dealkylation sites (tertiary alicyclic amines) is 1. The number of nitro benzene ring substituents is 1. The number of nitro groups is 1. The summed E-state index contributed by atoms with van der Waals surface area (Å²) in [6, 6.07) is 7.00. The highest BCUT2D eigenvalue weighted by molar-refractivity contribution is 5.85. The Kier molecular flexibility index (Phi) is 4.62. The molecule has 1 N–H and O–H groups in total. The average molecular weight is 298 g/mol. The van der Waals surface area contributed by atoms with E-state index in [4.69, 9.17) is 0 Å². The van der Waals surface area contributed by atoms with Gasteiger partial charge in [-0.05, 0) is 36.9 Å². The minimum Gasteiger partial charge on any atom is -0.316 e. The summed E-state index contributed by atoms with van der Waals surface area (Å²) < 4.78 is 0. The Morgan fingerprint density at radius 1 is 1.40 bits per heavy atom. The molecule has 3 rings (SSSR count). The van der Waals surface area contributed by atoms with Gasteiger partial charge in [0.15, 0.2) is 0 Å². The molecule has 2 aliphatic heterocycles. The van der Waals surface area contributed by atoms with Crippen molar-refractivity contribution in [2.24, 2.45) is 5.41 Å². The van der Waals surface area contributed by atoms with Crippen LogP contribution < -0.4 is 5.32 Å². The molecule has 0 amide bonds. The van der Waals surface area contributed by atoms with Crippen LogP contribution in [0.3, 0.4) is 0 Å². The normalized spacial score (nSPS) is 25.8. The van der Waals surface area contributed by atoms with Crippen molar-refractivity contribution in [3.63, 3.8) is 0 Å². The van der Waals surface area contributed by atoms with Crippen LogP contribution in [0.4, 0.5) is 5.69 Å². The second kappa shape index (κ2) is 6.08. The lowest BCUT2D eigenvalue weighted by Crippen LogP contribution is -2.28. The third-order valence-corrected chi connectivity index (χ3v) is 4.38. The van der Waals surface area contributed by atoms with Gasteiger partial charge in [0.1, 0.15) is 0 Å². The van der Waals surface area contributed by atoms with Crippen LogP contribution in [0.15, 0.2) is 24.3 Å². The first kappa shape index (κ1) is 15.2. The summed E-state index contributed by atoms with van der Waals surface area (Å²) in [6.07, 6.45) is 2.51. The van der Waals surface area contributed by atoms with Crippen LogP contribution in [0.5, 0.6) is 0 Å². The van der Waals surface area contributed by atoms with Crippen LogP contribution in [-0.4, -0.2) is 36.0 Å². The highest BCUT2D eigenvalue weighted by atomic mass is 35.5. The van der Waals surface area contributed by atoms with E-state index in [9.17, 15) is 10.1 Å². The molecule has 6 heteroatoms. The topological polar surface area (TPSA) is 58.4 Å². The first-order chi connectivity index (χ1) is 9.17. The summed E-state index contributed by atoms with van der Waals surface area (Å²) in [7, 11) is 0. The Morgan fingerprint density at radius 2 is 2.25 bits per heavy atom. The molecule has 110 valence electrons. The Labute approximate surface area is 124 Å². The monoisotopic (exact) mass is 297 g/mol. The predicted molar refractivity (Wildman–Crippen MR) is 80.2 cm³/mol. The molecule has 1 aromatic carbocycles. The molecule has 0 saturated carbocycles. The van der Waals surface area contributed by atoms with Crippen LogP contribution in [0, 0.1) is 15.5 Å². The smallest absolute Gasteiger partial charge is 0.269 e. The molecule has 0 aromatic heterocycles. The van der Waals surface area contributed by atoms with Crippen molar-refractivity contribution in [3.05, 3.63) is 39.9 Å². The molecule has 2 saturated heterocycles. The fraction of sp³-hybridized carbons (Fsp3) is 0.571. The van der Waals surface area contributed by atoms with Crippen LogP contribution >= 0.6 is 12.4 Å². The zero-order chi connectivity index (χ0) is 13.3. The summed E-state index contributed by atoms with van der Waals surface area (Å²) in [4.78, 5) is 12.9. The highest BCUT2D eigenvalue weighted by Gasteiger charge is 2.40. The quantitative estimate of drug-likeness (QED) is 0.686. The lowest BCUT2D eigenvalue weighted by molar-refractivity contribution is -0.384. The molecule has 1 atom stereocenters. The maximum atomic E-state index is 10.8. The van der Waals surface area contributed by atoms with E-state index in [1.807, 2.05) is 6.07 Å². The molecule has 2 fully saturated rings. The highest BCUT2D eigenvalue weighted by Crippen LogP contribution is 2.36. The summed E-state index contributed by atoms with van der Waals surface area (Å²) in [5.74, 6) is 0. The second-order valence-corrected chi connectivity index (χ2v) is 5.81. The zero-order valence-electron chi connectivity index (χ0n) is 11.4. The van der Waals surface area contributed by atoms with Crippen LogP contribution in [0.25, 0.3) is 0 Å². The molecule has 0 aliphatic carbocycles. The number of rotatable bonds is 3. The number of benzene rings is 1. The first-order valence-corrected chi connectivity index (χ1v) is 6.83. The summed E-state index contributed by atoms with van der Waals surface area (Å²) in [5.41, 5.74) is 1.69. The summed E-state index contributed by atoms with van der Waals surface area (Å²) >= 11 is 0. The fourth-order valence-corrected chi connectivity index (χ4v) is 3.33. The molecule has 20 heavy (non-hydrogen) atoms. The molecular weight excluding hydrogens is 278 g/mol. The van der Waals surface area contributed by atoms with Gasteiger partial charge in [0.05, 0.1) is 4.92 Å². The van der Waals surface area contributed by atoms with Crippen molar-refractivity contribution in [2.75, 3.05) is 26.2 Å². The maximum absolute atomic E-state index is 10.8. The van der Waals surface area contributed by atoms with Crippen molar-refractivity contribution in [2.45, 2.75) is 19.4 Å². The molecule has 2 aliphatic rings. The van der Waals surface area contributed by atoms with Crippen LogP contribution in [0.1, 0.15) is 18.4 Å². The number of halogens is 1. The van der Waals surface area contributed by atoms with Gasteiger partial charge in [0.25, 0.3) is 5.69 Å². The zero-order valence-corrected chi connectivity index (χ0v) is 12.2. The van der Waals surface area contributed by atoms with E-state index < -0.39 is 0 Å². The van der Waals surface area contributed by atoms with E-state index in [0.717, 1.165) is 38.3 Å². The summed E-state index contributed by atoms with van der Waals surface area (Å²) in [6.45, 7) is 5.29. The van der Waals surface area contributed by atoms with Gasteiger partial charge in [0, 0.05) is 31.8 Å². The van der Waals surface area contributed by atoms with Gasteiger partial charge in [-0.3, -0.25) is 15.0 Å². The number of hydrogen-bond acceptors (Lipinski definition) is 4. The molecule has 2 heterocycles. The number of nitrogens with one attached hydrogen (secondary N) is 1. The van der Waals surface area contributed by atoms with Gasteiger partial charge < -0.3 is 5.32 Å². The Bertz CT molecular complexity index is 489. The molecule has 0 radical (unpaired) electrons. The van der Waals surface area contributed by atoms with Crippen molar-refractivity contribution in [1.82, 2.24) is 10.2 Å². The van der Waals surface area contributed by atoms with Gasteiger partial charge in [-0.15, -0.1) is 12.4 Å².